The first-order chi connectivity index (χ1) is 22.3. The number of benzene rings is 4. The van der Waals surface area contributed by atoms with E-state index in [9.17, 15) is 25.2 Å². The van der Waals surface area contributed by atoms with Crippen molar-refractivity contribution >= 4 is 5.97 Å². The van der Waals surface area contributed by atoms with Crippen LogP contribution in [0.3, 0.4) is 0 Å². The van der Waals surface area contributed by atoms with Gasteiger partial charge in [0.05, 0.1) is 19.8 Å². The van der Waals surface area contributed by atoms with Gasteiger partial charge in [-0.05, 0) is 22.3 Å². The number of carbonyl (C=O) groups is 1. The lowest BCUT2D eigenvalue weighted by molar-refractivity contribution is -0.426. The van der Waals surface area contributed by atoms with Crippen LogP contribution in [-0.2, 0) is 44.9 Å². The molecule has 0 saturated carbocycles. The number of nitrogens with two attached hydrogens (primary N) is 1. The number of rotatable bonds is 13. The molecule has 0 amide bonds. The van der Waals surface area contributed by atoms with E-state index in [-0.39, 0.29) is 25.9 Å². The summed E-state index contributed by atoms with van der Waals surface area (Å²) in [6.45, 7) is -1.49. The van der Waals surface area contributed by atoms with E-state index in [4.69, 9.17) is 19.9 Å². The van der Waals surface area contributed by atoms with E-state index in [1.165, 1.54) is 0 Å². The van der Waals surface area contributed by atoms with Gasteiger partial charge in [-0.1, -0.05) is 121 Å². The third-order valence-corrected chi connectivity index (χ3v) is 8.66. The molecule has 242 valence electrons. The minimum atomic E-state index is -2.23. The van der Waals surface area contributed by atoms with Gasteiger partial charge in [0.15, 0.2) is 5.60 Å². The summed E-state index contributed by atoms with van der Waals surface area (Å²) in [6.07, 6.45) is -3.50. The van der Waals surface area contributed by atoms with Crippen molar-refractivity contribution in [1.29, 1.82) is 0 Å². The smallest absolute Gasteiger partial charge is 0.327 e. The molecule has 5 rings (SSSR count). The molecule has 1 heterocycles. The first-order valence-corrected chi connectivity index (χ1v) is 15.3. The number of hydrogen-bond acceptors (Lipinski definition) is 9. The third kappa shape index (κ3) is 6.77. The molecule has 1 fully saturated rings. The highest BCUT2D eigenvalue weighted by atomic mass is 16.8. The van der Waals surface area contributed by atoms with E-state index in [2.05, 4.69) is 0 Å². The number of ether oxygens (including phenoxy) is 3. The van der Waals surface area contributed by atoms with Gasteiger partial charge >= 0.3 is 5.97 Å². The van der Waals surface area contributed by atoms with Gasteiger partial charge in [-0.2, -0.15) is 0 Å². The summed E-state index contributed by atoms with van der Waals surface area (Å²) < 4.78 is 19.7. The molecule has 0 bridgehead atoms. The Bertz CT molecular complexity index is 1530. The zero-order valence-corrected chi connectivity index (χ0v) is 25.5. The maximum atomic E-state index is 13.6. The summed E-state index contributed by atoms with van der Waals surface area (Å²) in [7, 11) is 0. The zero-order chi connectivity index (χ0) is 32.6. The fourth-order valence-electron chi connectivity index (χ4n) is 6.31. The molecule has 1 saturated heterocycles. The van der Waals surface area contributed by atoms with E-state index in [1.54, 1.807) is 0 Å². The van der Waals surface area contributed by atoms with Crippen molar-refractivity contribution < 1.29 is 39.4 Å². The van der Waals surface area contributed by atoms with Crippen LogP contribution in [0.5, 0.6) is 0 Å². The Kier molecular flexibility index (Phi) is 10.7. The predicted molar refractivity (Wildman–Crippen MR) is 171 cm³/mol. The van der Waals surface area contributed by atoms with Crippen molar-refractivity contribution in [3.8, 4) is 0 Å². The Hall–Kier alpha value is -3.93. The molecular formula is C37H41NO8. The maximum absolute atomic E-state index is 13.6. The van der Waals surface area contributed by atoms with Gasteiger partial charge in [-0.25, -0.2) is 0 Å². The highest BCUT2D eigenvalue weighted by Crippen LogP contribution is 2.53. The highest BCUT2D eigenvalue weighted by Gasteiger charge is 2.74. The van der Waals surface area contributed by atoms with Crippen LogP contribution < -0.4 is 5.73 Å². The molecule has 9 nitrogen and oxygen atoms in total. The zero-order valence-electron chi connectivity index (χ0n) is 25.5. The molecule has 4 aromatic rings. The van der Waals surface area contributed by atoms with Crippen LogP contribution in [0, 0.1) is 0 Å². The van der Waals surface area contributed by atoms with E-state index < -0.39 is 54.4 Å². The minimum Gasteiger partial charge on any atom is -0.428 e. The second-order valence-electron chi connectivity index (χ2n) is 11.8. The number of aliphatic hydroxyl groups is 4. The molecule has 6 atom stereocenters. The van der Waals surface area contributed by atoms with Crippen molar-refractivity contribution in [3.05, 3.63) is 144 Å². The lowest BCUT2D eigenvalue weighted by atomic mass is 9.62. The van der Waals surface area contributed by atoms with Crippen molar-refractivity contribution in [1.82, 2.24) is 0 Å². The molecule has 0 aliphatic carbocycles. The highest BCUT2D eigenvalue weighted by molar-refractivity contribution is 5.76. The summed E-state index contributed by atoms with van der Waals surface area (Å²) in [4.78, 5) is 13.6. The summed E-state index contributed by atoms with van der Waals surface area (Å²) >= 11 is 0. The van der Waals surface area contributed by atoms with Gasteiger partial charge in [-0.3, -0.25) is 4.79 Å². The number of esters is 1. The Morgan fingerprint density at radius 2 is 1.20 bits per heavy atom. The van der Waals surface area contributed by atoms with Crippen LogP contribution >= 0.6 is 0 Å². The molecule has 0 unspecified atom stereocenters. The summed E-state index contributed by atoms with van der Waals surface area (Å²) in [5, 5.41) is 45.7. The van der Waals surface area contributed by atoms with Crippen LogP contribution in [0.4, 0.5) is 0 Å². The van der Waals surface area contributed by atoms with E-state index in [1.807, 2.05) is 121 Å². The van der Waals surface area contributed by atoms with Gasteiger partial charge < -0.3 is 40.4 Å². The number of aliphatic hydroxyl groups excluding tert-OH is 3. The topological polar surface area (TPSA) is 152 Å². The van der Waals surface area contributed by atoms with Crippen LogP contribution in [0.25, 0.3) is 0 Å². The van der Waals surface area contributed by atoms with Crippen molar-refractivity contribution in [2.45, 2.75) is 61.1 Å². The molecule has 1 aliphatic heterocycles. The molecular weight excluding hydrogens is 586 g/mol. The quantitative estimate of drug-likeness (QED) is 0.141. The summed E-state index contributed by atoms with van der Waals surface area (Å²) in [6, 6.07) is 35.2. The standard InChI is InChI=1S/C37H41NO8/c38-31(24-39)34(42)46-37(23-29-17-9-3-10-18-29)36(22-28-15-7-2-8-16-28,44-26-30-19-11-4-12-20-30)35(43,33(41)32(25-40)45-37)21-27-13-5-1-6-14-27/h1-20,31-33,39-41,43H,21-26,38H2/t31-,32+,33-,35-,36+,37+/m0/s1. The second kappa shape index (κ2) is 14.7. The minimum absolute atomic E-state index is 0.0647. The molecule has 0 aromatic heterocycles. The van der Waals surface area contributed by atoms with Crippen LogP contribution in [0.15, 0.2) is 121 Å². The predicted octanol–water partition coefficient (Wildman–Crippen LogP) is 2.71. The Balaban J connectivity index is 1.82. The van der Waals surface area contributed by atoms with E-state index in [0.29, 0.717) is 16.7 Å². The summed E-state index contributed by atoms with van der Waals surface area (Å²) in [5.41, 5.74) is 4.50. The molecule has 46 heavy (non-hydrogen) atoms. The Morgan fingerprint density at radius 3 is 1.67 bits per heavy atom. The Labute approximate surface area is 268 Å². The van der Waals surface area contributed by atoms with Crippen LogP contribution in [-0.4, -0.2) is 74.8 Å². The van der Waals surface area contributed by atoms with Gasteiger partial charge in [0.2, 0.25) is 0 Å². The summed E-state index contributed by atoms with van der Waals surface area (Å²) in [5.74, 6) is -3.19. The van der Waals surface area contributed by atoms with E-state index in [0.717, 1.165) is 5.56 Å². The monoisotopic (exact) mass is 627 g/mol. The molecule has 6 N–H and O–H groups in total. The van der Waals surface area contributed by atoms with E-state index >= 15 is 0 Å². The SMILES string of the molecule is N[C@@H](CO)C(=O)O[C@@]1(Cc2ccccc2)O[C@H](CO)[C@H](O)[C@@](O)(Cc2ccccc2)[C@@]1(Cc1ccccc1)OCc1ccccc1. The van der Waals surface area contributed by atoms with Gasteiger partial charge in [-0.15, -0.1) is 0 Å². The lowest BCUT2D eigenvalue weighted by Crippen LogP contribution is -2.83. The average molecular weight is 628 g/mol. The lowest BCUT2D eigenvalue weighted by Gasteiger charge is -2.62. The maximum Gasteiger partial charge on any atom is 0.327 e. The van der Waals surface area contributed by atoms with Crippen LogP contribution in [0.1, 0.15) is 22.3 Å². The average Bonchev–Trinajstić information content (AvgIpc) is 3.09. The fourth-order valence-corrected chi connectivity index (χ4v) is 6.31. The molecule has 4 aromatic carbocycles. The van der Waals surface area contributed by atoms with Crippen LogP contribution in [0.2, 0.25) is 0 Å². The van der Waals surface area contributed by atoms with Gasteiger partial charge in [0, 0.05) is 19.3 Å². The molecule has 1 aliphatic rings. The second-order valence-corrected chi connectivity index (χ2v) is 11.8. The largest absolute Gasteiger partial charge is 0.428 e. The van der Waals surface area contributed by atoms with Crippen molar-refractivity contribution in [2.75, 3.05) is 13.2 Å². The molecule has 0 spiro atoms. The van der Waals surface area contributed by atoms with Crippen molar-refractivity contribution in [3.63, 3.8) is 0 Å². The number of carbonyl (C=O) groups excluding carboxylic acids is 1. The normalized spacial score (nSPS) is 26.7. The van der Waals surface area contributed by atoms with Gasteiger partial charge in [0.1, 0.15) is 23.9 Å². The third-order valence-electron chi connectivity index (χ3n) is 8.66. The Morgan fingerprint density at radius 1 is 0.739 bits per heavy atom. The van der Waals surface area contributed by atoms with Gasteiger partial charge in [0.25, 0.3) is 5.79 Å². The molecule has 9 heteroatoms. The first-order valence-electron chi connectivity index (χ1n) is 15.3. The number of hydrogen-bond donors (Lipinski definition) is 5. The molecule has 0 radical (unpaired) electrons. The van der Waals surface area contributed by atoms with Crippen molar-refractivity contribution in [2.24, 2.45) is 5.73 Å². The fraction of sp³-hybridized carbons (Fsp3) is 0.324. The first kappa shape index (κ1) is 33.4.